The predicted octanol–water partition coefficient (Wildman–Crippen LogP) is 2.86. The van der Waals surface area contributed by atoms with E-state index in [0.717, 1.165) is 22.6 Å². The van der Waals surface area contributed by atoms with E-state index < -0.39 is 5.54 Å². The number of nitrogens with zero attached hydrogens (tertiary/aromatic N) is 1. The Bertz CT molecular complexity index is 474. The summed E-state index contributed by atoms with van der Waals surface area (Å²) >= 11 is 0. The first-order valence-corrected chi connectivity index (χ1v) is 5.82. The summed E-state index contributed by atoms with van der Waals surface area (Å²) in [5, 5.41) is 10.7. The second-order valence-electron chi connectivity index (χ2n) is 4.75. The van der Waals surface area contributed by atoms with Crippen molar-refractivity contribution in [3.8, 4) is 0 Å². The van der Waals surface area contributed by atoms with Crippen molar-refractivity contribution in [2.45, 2.75) is 32.7 Å². The smallest absolute Gasteiger partial charge is 0.278 e. The van der Waals surface area contributed by atoms with Gasteiger partial charge in [-0.05, 0) is 31.4 Å². The van der Waals surface area contributed by atoms with Crippen molar-refractivity contribution in [3.63, 3.8) is 0 Å². The molecule has 0 aliphatic carbocycles. The lowest BCUT2D eigenvalue weighted by molar-refractivity contribution is -0.172. The van der Waals surface area contributed by atoms with Gasteiger partial charge in [0.15, 0.2) is 0 Å². The summed E-state index contributed by atoms with van der Waals surface area (Å²) in [7, 11) is 0. The second kappa shape index (κ2) is 4.00. The molecule has 2 rings (SSSR count). The van der Waals surface area contributed by atoms with Gasteiger partial charge in [0.1, 0.15) is 0 Å². The maximum atomic E-state index is 12.1. The number of carbonyl (C=O) groups is 1. The maximum absolute atomic E-state index is 12.1. The van der Waals surface area contributed by atoms with Crippen molar-refractivity contribution in [1.29, 1.82) is 0 Å². The number of carbonyl (C=O) groups excluding carboxylic acids is 1. The van der Waals surface area contributed by atoms with Gasteiger partial charge in [0.25, 0.3) is 5.91 Å². The highest BCUT2D eigenvalue weighted by atomic mass is 16.5. The van der Waals surface area contributed by atoms with E-state index in [9.17, 15) is 10.0 Å². The number of rotatable bonds is 2. The number of hydroxylamine groups is 2. The van der Waals surface area contributed by atoms with E-state index in [4.69, 9.17) is 0 Å². The number of amides is 1. The van der Waals surface area contributed by atoms with Crippen LogP contribution in [0.25, 0.3) is 5.57 Å². The van der Waals surface area contributed by atoms with Crippen LogP contribution in [-0.4, -0.2) is 21.7 Å². The zero-order valence-corrected chi connectivity index (χ0v) is 10.4. The van der Waals surface area contributed by atoms with Crippen molar-refractivity contribution in [3.05, 3.63) is 41.5 Å². The minimum absolute atomic E-state index is 0.307. The Balaban J connectivity index is 2.61. The number of hydrogen-bond donors (Lipinski definition) is 1. The lowest BCUT2D eigenvalue weighted by atomic mass is 9.89. The molecule has 90 valence electrons. The van der Waals surface area contributed by atoms with E-state index in [-0.39, 0.29) is 5.91 Å². The third kappa shape index (κ3) is 1.67. The molecule has 1 aromatic rings. The van der Waals surface area contributed by atoms with Crippen LogP contribution in [0.3, 0.4) is 0 Å². The summed E-state index contributed by atoms with van der Waals surface area (Å²) in [5.74, 6) is -0.307. The van der Waals surface area contributed by atoms with Gasteiger partial charge in [-0.1, -0.05) is 37.3 Å². The van der Waals surface area contributed by atoms with Crippen molar-refractivity contribution < 1.29 is 10.0 Å². The van der Waals surface area contributed by atoms with Crippen LogP contribution in [0.1, 0.15) is 32.8 Å². The SMILES string of the molecule is CCC1=C(c2ccccc2)C(=O)N(O)C1(C)C. The van der Waals surface area contributed by atoms with Crippen molar-refractivity contribution in [2.75, 3.05) is 0 Å². The quantitative estimate of drug-likeness (QED) is 0.795. The first kappa shape index (κ1) is 11.9. The molecule has 0 atom stereocenters. The standard InChI is InChI=1S/C14H17NO2/c1-4-11-12(10-8-6-5-7-9-10)13(16)15(17)14(11,2)3/h5-9,17H,4H2,1-3H3. The van der Waals surface area contributed by atoms with Gasteiger partial charge in [-0.2, -0.15) is 0 Å². The van der Waals surface area contributed by atoms with Crippen molar-refractivity contribution in [2.24, 2.45) is 0 Å². The van der Waals surface area contributed by atoms with Crippen LogP contribution in [0.4, 0.5) is 0 Å². The molecule has 1 heterocycles. The van der Waals surface area contributed by atoms with Crippen LogP contribution in [-0.2, 0) is 4.79 Å². The van der Waals surface area contributed by atoms with Crippen molar-refractivity contribution in [1.82, 2.24) is 5.06 Å². The van der Waals surface area contributed by atoms with E-state index in [1.54, 1.807) is 0 Å². The van der Waals surface area contributed by atoms with E-state index in [2.05, 4.69) is 0 Å². The molecule has 1 aliphatic rings. The Morgan fingerprint density at radius 3 is 2.35 bits per heavy atom. The molecule has 0 saturated carbocycles. The number of benzene rings is 1. The average molecular weight is 231 g/mol. The van der Waals surface area contributed by atoms with Gasteiger partial charge in [0, 0.05) is 0 Å². The minimum Gasteiger partial charge on any atom is -0.285 e. The average Bonchev–Trinajstić information content (AvgIpc) is 2.50. The Labute approximate surface area is 101 Å². The van der Waals surface area contributed by atoms with Crippen LogP contribution in [0.5, 0.6) is 0 Å². The summed E-state index contributed by atoms with van der Waals surface area (Å²) in [6.07, 6.45) is 0.750. The molecule has 0 unspecified atom stereocenters. The van der Waals surface area contributed by atoms with Crippen LogP contribution in [0, 0.1) is 0 Å². The zero-order chi connectivity index (χ0) is 12.6. The normalized spacial score (nSPS) is 19.1. The van der Waals surface area contributed by atoms with Gasteiger partial charge in [0.05, 0.1) is 11.1 Å². The van der Waals surface area contributed by atoms with Gasteiger partial charge >= 0.3 is 0 Å². The molecular formula is C14H17NO2. The molecule has 1 N–H and O–H groups in total. The molecule has 1 amide bonds. The van der Waals surface area contributed by atoms with Crippen molar-refractivity contribution >= 4 is 11.5 Å². The van der Waals surface area contributed by atoms with Gasteiger partial charge < -0.3 is 0 Å². The number of hydrogen-bond acceptors (Lipinski definition) is 2. The lowest BCUT2D eigenvalue weighted by Crippen LogP contribution is -2.40. The summed E-state index contributed by atoms with van der Waals surface area (Å²) in [4.78, 5) is 12.1. The molecule has 1 aromatic carbocycles. The fourth-order valence-electron chi connectivity index (χ4n) is 2.43. The highest BCUT2D eigenvalue weighted by molar-refractivity contribution is 6.23. The molecule has 17 heavy (non-hydrogen) atoms. The molecular weight excluding hydrogens is 214 g/mol. The summed E-state index contributed by atoms with van der Waals surface area (Å²) < 4.78 is 0. The van der Waals surface area contributed by atoms with Crippen LogP contribution in [0.15, 0.2) is 35.9 Å². The molecule has 0 fully saturated rings. The summed E-state index contributed by atoms with van der Waals surface area (Å²) in [6, 6.07) is 9.51. The van der Waals surface area contributed by atoms with Gasteiger partial charge in [-0.15, -0.1) is 0 Å². The van der Waals surface area contributed by atoms with Gasteiger partial charge in [0.2, 0.25) is 0 Å². The second-order valence-corrected chi connectivity index (χ2v) is 4.75. The molecule has 0 radical (unpaired) electrons. The van der Waals surface area contributed by atoms with Crippen LogP contribution < -0.4 is 0 Å². The molecule has 0 aromatic heterocycles. The monoisotopic (exact) mass is 231 g/mol. The molecule has 0 spiro atoms. The van der Waals surface area contributed by atoms with Crippen LogP contribution >= 0.6 is 0 Å². The third-order valence-corrected chi connectivity index (χ3v) is 3.39. The first-order chi connectivity index (χ1) is 8.00. The molecule has 3 nitrogen and oxygen atoms in total. The Hall–Kier alpha value is -1.61. The molecule has 3 heteroatoms. The minimum atomic E-state index is -0.614. The summed E-state index contributed by atoms with van der Waals surface area (Å²) in [5.41, 5.74) is 1.88. The maximum Gasteiger partial charge on any atom is 0.278 e. The zero-order valence-electron chi connectivity index (χ0n) is 10.4. The highest BCUT2D eigenvalue weighted by Gasteiger charge is 2.44. The third-order valence-electron chi connectivity index (χ3n) is 3.39. The van der Waals surface area contributed by atoms with Gasteiger partial charge in [-0.25, -0.2) is 5.06 Å². The Morgan fingerprint density at radius 1 is 1.24 bits per heavy atom. The fraction of sp³-hybridized carbons (Fsp3) is 0.357. The summed E-state index contributed by atoms with van der Waals surface area (Å²) in [6.45, 7) is 5.73. The lowest BCUT2D eigenvalue weighted by Gasteiger charge is -2.28. The molecule has 1 aliphatic heterocycles. The fourth-order valence-corrected chi connectivity index (χ4v) is 2.43. The van der Waals surface area contributed by atoms with Crippen LogP contribution in [0.2, 0.25) is 0 Å². The highest BCUT2D eigenvalue weighted by Crippen LogP contribution is 2.40. The van der Waals surface area contributed by atoms with E-state index in [0.29, 0.717) is 5.57 Å². The predicted molar refractivity (Wildman–Crippen MR) is 66.4 cm³/mol. The Morgan fingerprint density at radius 2 is 1.82 bits per heavy atom. The largest absolute Gasteiger partial charge is 0.285 e. The van der Waals surface area contributed by atoms with Gasteiger partial charge in [-0.3, -0.25) is 10.0 Å². The van der Waals surface area contributed by atoms with E-state index in [1.165, 1.54) is 0 Å². The Kier molecular flexibility index (Phi) is 2.79. The molecule has 0 bridgehead atoms. The van der Waals surface area contributed by atoms with E-state index in [1.807, 2.05) is 51.1 Å². The first-order valence-electron chi connectivity index (χ1n) is 5.82. The topological polar surface area (TPSA) is 40.5 Å². The van der Waals surface area contributed by atoms with E-state index >= 15 is 0 Å². The molecule has 0 saturated heterocycles.